The van der Waals surface area contributed by atoms with Crippen molar-refractivity contribution in [1.82, 2.24) is 25.0 Å². The number of thiazole rings is 1. The summed E-state index contributed by atoms with van der Waals surface area (Å²) in [5.74, 6) is -2.49. The number of aryl methyl sites for hydroxylation is 1. The molecular formula is C44H58ClF3N6O9S. The number of piperidine rings is 1. The molecule has 2 aromatic carbocycles. The maximum absolute atomic E-state index is 13.3. The smallest absolute Gasteiger partial charge is 0.490 e. The number of nitrogens with zero attached hydrogens (tertiary/aromatic N) is 4. The molecule has 64 heavy (non-hydrogen) atoms. The molecule has 3 aliphatic heterocycles. The highest BCUT2D eigenvalue weighted by atomic mass is 35.5. The number of benzene rings is 2. The van der Waals surface area contributed by atoms with Crippen molar-refractivity contribution in [3.63, 3.8) is 0 Å². The molecule has 0 aliphatic carbocycles. The molecule has 4 heterocycles. The summed E-state index contributed by atoms with van der Waals surface area (Å²) in [5.41, 5.74) is 3.65. The Morgan fingerprint density at radius 1 is 1.06 bits per heavy atom. The second kappa shape index (κ2) is 24.1. The van der Waals surface area contributed by atoms with Gasteiger partial charge in [0.2, 0.25) is 5.91 Å². The second-order valence-electron chi connectivity index (χ2n) is 15.9. The molecule has 2 saturated heterocycles. The zero-order chi connectivity index (χ0) is 46.3. The van der Waals surface area contributed by atoms with Crippen LogP contribution in [0, 0.1) is 0 Å². The summed E-state index contributed by atoms with van der Waals surface area (Å²) in [6.45, 7) is 11.7. The van der Waals surface area contributed by atoms with Gasteiger partial charge in [-0.2, -0.15) is 13.2 Å². The lowest BCUT2D eigenvalue weighted by atomic mass is 9.89. The Morgan fingerprint density at radius 3 is 2.52 bits per heavy atom. The van der Waals surface area contributed by atoms with Gasteiger partial charge in [0.05, 0.1) is 43.4 Å². The van der Waals surface area contributed by atoms with E-state index < -0.39 is 12.1 Å². The van der Waals surface area contributed by atoms with Gasteiger partial charge in [0.15, 0.2) is 12.4 Å². The van der Waals surface area contributed by atoms with Crippen molar-refractivity contribution in [2.75, 3.05) is 84.1 Å². The third kappa shape index (κ3) is 14.7. The fourth-order valence-electron chi connectivity index (χ4n) is 7.64. The number of ether oxygens (including phenoxy) is 3. The average molecular weight is 939 g/mol. The van der Waals surface area contributed by atoms with E-state index in [4.69, 9.17) is 35.7 Å². The van der Waals surface area contributed by atoms with Crippen LogP contribution >= 0.6 is 22.9 Å². The number of likely N-dealkylation sites (tertiary alicyclic amines) is 1. The monoisotopic (exact) mass is 938 g/mol. The number of alkyl halides is 3. The molecule has 4 N–H and O–H groups in total. The zero-order valence-electron chi connectivity index (χ0n) is 36.3. The number of carbonyl (C=O) groups is 4. The maximum Gasteiger partial charge on any atom is 0.490 e. The van der Waals surface area contributed by atoms with Crippen molar-refractivity contribution < 1.29 is 56.8 Å². The van der Waals surface area contributed by atoms with Crippen molar-refractivity contribution in [2.24, 2.45) is 0 Å². The molecule has 3 aliphatic rings. The van der Waals surface area contributed by atoms with E-state index in [1.807, 2.05) is 28.2 Å². The predicted molar refractivity (Wildman–Crippen MR) is 235 cm³/mol. The lowest BCUT2D eigenvalue weighted by Gasteiger charge is -2.47. The van der Waals surface area contributed by atoms with Gasteiger partial charge in [0.1, 0.15) is 17.1 Å². The van der Waals surface area contributed by atoms with Crippen molar-refractivity contribution in [3.8, 4) is 11.5 Å². The number of rotatable bonds is 19. The van der Waals surface area contributed by atoms with E-state index in [1.165, 1.54) is 0 Å². The van der Waals surface area contributed by atoms with Crippen molar-refractivity contribution >= 4 is 52.3 Å². The molecule has 1 spiro atoms. The molecule has 0 bridgehead atoms. The quantitative estimate of drug-likeness (QED) is 0.0821. The molecule has 3 aromatic rings. The van der Waals surface area contributed by atoms with Crippen molar-refractivity contribution in [1.29, 1.82) is 0 Å². The molecule has 0 atom stereocenters. The van der Waals surface area contributed by atoms with Crippen LogP contribution in [0.1, 0.15) is 78.1 Å². The first-order valence-electron chi connectivity index (χ1n) is 21.6. The van der Waals surface area contributed by atoms with Crippen LogP contribution in [0.15, 0.2) is 35.7 Å². The number of unbranched alkanes of at least 4 members (excludes halogenated alkanes) is 1. The van der Waals surface area contributed by atoms with E-state index in [1.54, 1.807) is 23.5 Å². The number of aliphatic carboxylic acids is 1. The summed E-state index contributed by atoms with van der Waals surface area (Å²) in [7, 11) is 0. The number of carboxylic acids is 1. The topological polar surface area (TPSA) is 183 Å². The fourth-order valence-corrected chi connectivity index (χ4v) is 8.75. The molecular weight excluding hydrogens is 881 g/mol. The van der Waals surface area contributed by atoms with Gasteiger partial charge in [-0.3, -0.25) is 19.3 Å². The van der Waals surface area contributed by atoms with Crippen LogP contribution in [0.25, 0.3) is 0 Å². The lowest BCUT2D eigenvalue weighted by molar-refractivity contribution is -0.192. The van der Waals surface area contributed by atoms with Crippen LogP contribution in [-0.2, 0) is 49.7 Å². The predicted octanol–water partition coefficient (Wildman–Crippen LogP) is 5.95. The summed E-state index contributed by atoms with van der Waals surface area (Å²) in [6, 6.07) is 9.60. The number of halogens is 4. The van der Waals surface area contributed by atoms with Crippen LogP contribution < -0.4 is 15.4 Å². The number of anilines is 1. The first-order valence-corrected chi connectivity index (χ1v) is 22.9. The molecule has 20 heteroatoms. The molecule has 3 amide bonds. The number of phenols is 1. The first kappa shape index (κ1) is 50.5. The molecule has 1 aromatic heterocycles. The first-order chi connectivity index (χ1) is 30.6. The van der Waals surface area contributed by atoms with Crippen LogP contribution in [0.4, 0.5) is 18.9 Å². The van der Waals surface area contributed by atoms with Gasteiger partial charge >= 0.3 is 12.1 Å². The highest BCUT2D eigenvalue weighted by Gasteiger charge is 2.41. The van der Waals surface area contributed by atoms with E-state index in [0.29, 0.717) is 95.5 Å². The number of hydrogen-bond donors (Lipinski definition) is 4. The lowest BCUT2D eigenvalue weighted by Crippen LogP contribution is -2.58. The number of fused-ring (bicyclic) bond motifs is 1. The number of aromatic nitrogens is 1. The third-order valence-corrected chi connectivity index (χ3v) is 12.5. The van der Waals surface area contributed by atoms with E-state index in [0.717, 1.165) is 78.5 Å². The minimum absolute atomic E-state index is 0.0178. The molecule has 0 radical (unpaired) electrons. The second-order valence-corrected chi connectivity index (χ2v) is 17.2. The molecule has 0 unspecified atom stereocenters. The van der Waals surface area contributed by atoms with Gasteiger partial charge in [-0.25, -0.2) is 9.78 Å². The summed E-state index contributed by atoms with van der Waals surface area (Å²) in [4.78, 5) is 57.5. The van der Waals surface area contributed by atoms with Gasteiger partial charge in [-0.05, 0) is 80.8 Å². The van der Waals surface area contributed by atoms with Gasteiger partial charge in [-0.15, -0.1) is 11.3 Å². The van der Waals surface area contributed by atoms with Gasteiger partial charge in [0.25, 0.3) is 11.8 Å². The Hall–Kier alpha value is -4.53. The summed E-state index contributed by atoms with van der Waals surface area (Å²) >= 11 is 8.31. The molecule has 15 nitrogen and oxygen atoms in total. The normalized spacial score (nSPS) is 16.0. The number of carboxylic acid groups (broad SMARTS) is 1. The van der Waals surface area contributed by atoms with Crippen molar-refractivity contribution in [2.45, 2.75) is 83.5 Å². The van der Waals surface area contributed by atoms with Crippen LogP contribution in [0.2, 0.25) is 5.02 Å². The minimum atomic E-state index is -5.08. The standard InChI is InChI=1S/C42H57ClN6O7S.C2HF3O2/c1-3-5-6-37-45-34(28-57-37)41(53)49-21-24-56-42(29-49)14-18-47(19-15-42)26-30-7-8-31(33(43)25-30)12-22-54-23-13-38(52)48(4-2)20-17-44-16-11-32-9-10-35(50)39-40(32)55-27-36(51)46-39;3-2(4,5)1(6)7/h7-10,25,28,44,50H,3-6,11-24,26-27,29H2,1-2H3,(H,46,51);(H,6,7). The zero-order valence-corrected chi connectivity index (χ0v) is 37.8. The number of carbonyl (C=O) groups excluding carboxylic acids is 3. The molecule has 352 valence electrons. The van der Waals surface area contributed by atoms with Crippen LogP contribution in [0.5, 0.6) is 11.5 Å². The summed E-state index contributed by atoms with van der Waals surface area (Å²) < 4.78 is 49.5. The van der Waals surface area contributed by atoms with E-state index >= 15 is 0 Å². The summed E-state index contributed by atoms with van der Waals surface area (Å²) in [5, 5.41) is 26.9. The average Bonchev–Trinajstić information content (AvgIpc) is 3.75. The number of amides is 3. The number of hydrogen-bond acceptors (Lipinski definition) is 12. The van der Waals surface area contributed by atoms with Gasteiger partial charge in [-0.1, -0.05) is 43.1 Å². The Kier molecular flexibility index (Phi) is 19.0. The number of morpholine rings is 1. The number of phenolic OH excluding ortho intramolecular Hbond substituents is 1. The Labute approximate surface area is 380 Å². The number of likely N-dealkylation sites (N-methyl/N-ethyl adjacent to an activating group) is 1. The van der Waals surface area contributed by atoms with Crippen LogP contribution in [-0.4, -0.2) is 144 Å². The summed E-state index contributed by atoms with van der Waals surface area (Å²) in [6.07, 6.45) is 1.42. The Balaban J connectivity index is 0.00000102. The fraction of sp³-hybridized carbons (Fsp3) is 0.568. The van der Waals surface area contributed by atoms with E-state index in [9.17, 15) is 32.7 Å². The van der Waals surface area contributed by atoms with Crippen molar-refractivity contribution in [3.05, 3.63) is 68.1 Å². The molecule has 0 saturated carbocycles. The molecule has 2 fully saturated rings. The maximum atomic E-state index is 13.3. The van der Waals surface area contributed by atoms with E-state index in [2.05, 4.69) is 39.6 Å². The van der Waals surface area contributed by atoms with Gasteiger partial charge in [0, 0.05) is 56.2 Å². The third-order valence-electron chi connectivity index (χ3n) is 11.3. The minimum Gasteiger partial charge on any atom is -0.506 e. The van der Waals surface area contributed by atoms with Crippen LogP contribution in [0.3, 0.4) is 0 Å². The highest BCUT2D eigenvalue weighted by Crippen LogP contribution is 2.39. The highest BCUT2D eigenvalue weighted by molar-refractivity contribution is 7.09. The SMILES string of the molecule is CCCCc1nc(C(=O)N2CCOC3(CCN(Cc4ccc(CCOCCC(=O)N(CC)CCNCCc5ccc(O)c6c5OCC(=O)N6)c(Cl)c4)CC3)C2)cs1.O=C(O)C(F)(F)F. The Bertz CT molecular complexity index is 2050. The number of nitrogens with one attached hydrogen (secondary N) is 2. The largest absolute Gasteiger partial charge is 0.506 e. The Morgan fingerprint density at radius 2 is 1.81 bits per heavy atom. The number of aromatic hydroxyl groups is 1. The van der Waals surface area contributed by atoms with E-state index in [-0.39, 0.29) is 35.7 Å². The molecule has 6 rings (SSSR count). The van der Waals surface area contributed by atoms with Gasteiger partial charge < -0.3 is 44.9 Å².